The number of anilines is 2. The maximum atomic E-state index is 4.60. The zero-order valence-corrected chi connectivity index (χ0v) is 14.1. The normalized spacial score (nSPS) is 12.2. The number of halogens is 1. The van der Waals surface area contributed by atoms with Crippen LogP contribution in [-0.4, -0.2) is 12.0 Å². The summed E-state index contributed by atoms with van der Waals surface area (Å²) in [6.45, 7) is 6.49. The van der Waals surface area contributed by atoms with Crippen LogP contribution in [0.3, 0.4) is 0 Å². The Balaban J connectivity index is 2.24. The molecule has 106 valence electrons. The molecule has 1 heterocycles. The lowest BCUT2D eigenvalue weighted by Crippen LogP contribution is -2.11. The summed E-state index contributed by atoms with van der Waals surface area (Å²) in [4.78, 5) is 6.71. The number of nitrogens with zero attached hydrogens (tertiary/aromatic N) is 2. The van der Waals surface area contributed by atoms with E-state index in [0.717, 1.165) is 21.7 Å². The number of benzene rings is 1. The molecule has 1 aromatic carbocycles. The lowest BCUT2D eigenvalue weighted by atomic mass is 9.98. The summed E-state index contributed by atoms with van der Waals surface area (Å²) in [5.41, 5.74) is 3.56. The Morgan fingerprint density at radius 1 is 1.15 bits per heavy atom. The van der Waals surface area contributed by atoms with E-state index in [1.807, 2.05) is 26.1 Å². The molecule has 0 radical (unpaired) electrons. The van der Waals surface area contributed by atoms with Gasteiger partial charge in [-0.1, -0.05) is 26.0 Å². The van der Waals surface area contributed by atoms with E-state index >= 15 is 0 Å². The number of rotatable bonds is 4. The summed E-state index contributed by atoms with van der Waals surface area (Å²) in [5.74, 6) is 1.57. The second-order valence-corrected chi connectivity index (χ2v) is 6.05. The van der Waals surface area contributed by atoms with Gasteiger partial charge in [0.2, 0.25) is 0 Å². The first-order chi connectivity index (χ1) is 9.52. The van der Waals surface area contributed by atoms with E-state index in [4.69, 9.17) is 0 Å². The molecule has 0 aliphatic heterocycles. The van der Waals surface area contributed by atoms with Crippen LogP contribution < -0.4 is 4.90 Å². The predicted molar refractivity (Wildman–Crippen MR) is 89.9 cm³/mol. The van der Waals surface area contributed by atoms with Crippen LogP contribution in [-0.2, 0) is 0 Å². The fourth-order valence-corrected chi connectivity index (χ4v) is 2.33. The molecule has 0 amide bonds. The highest BCUT2D eigenvalue weighted by molar-refractivity contribution is 9.10. The quantitative estimate of drug-likeness (QED) is 0.741. The Labute approximate surface area is 130 Å². The first-order valence-corrected chi connectivity index (χ1v) is 7.79. The zero-order chi connectivity index (χ0) is 14.7. The van der Waals surface area contributed by atoms with E-state index in [9.17, 15) is 0 Å². The van der Waals surface area contributed by atoms with Crippen molar-refractivity contribution in [3.63, 3.8) is 0 Å². The van der Waals surface area contributed by atoms with Gasteiger partial charge in [0, 0.05) is 17.2 Å². The molecule has 1 aromatic heterocycles. The van der Waals surface area contributed by atoms with Gasteiger partial charge in [0.25, 0.3) is 0 Å². The molecule has 20 heavy (non-hydrogen) atoms. The van der Waals surface area contributed by atoms with Gasteiger partial charge in [-0.15, -0.1) is 0 Å². The van der Waals surface area contributed by atoms with Crippen molar-refractivity contribution in [2.45, 2.75) is 33.1 Å². The summed E-state index contributed by atoms with van der Waals surface area (Å²) in [7, 11) is 2.05. The lowest BCUT2D eigenvalue weighted by Gasteiger charge is -2.20. The highest BCUT2D eigenvalue weighted by Gasteiger charge is 2.08. The van der Waals surface area contributed by atoms with Gasteiger partial charge in [-0.25, -0.2) is 4.98 Å². The maximum absolute atomic E-state index is 4.60. The van der Waals surface area contributed by atoms with Crippen LogP contribution in [0.1, 0.15) is 37.4 Å². The molecule has 3 heteroatoms. The maximum Gasteiger partial charge on any atom is 0.133 e. The summed E-state index contributed by atoms with van der Waals surface area (Å²) in [5, 5.41) is 0. The third kappa shape index (κ3) is 3.21. The fraction of sp³-hybridized carbons (Fsp3) is 0.353. The average molecular weight is 333 g/mol. The van der Waals surface area contributed by atoms with Crippen LogP contribution in [0.25, 0.3) is 0 Å². The molecule has 2 nitrogen and oxygen atoms in total. The largest absolute Gasteiger partial charge is 0.329 e. The number of aromatic nitrogens is 1. The Hall–Kier alpha value is -1.35. The molecule has 0 bridgehead atoms. The lowest BCUT2D eigenvalue weighted by molar-refractivity contribution is 0.733. The molecule has 0 aliphatic rings. The average Bonchev–Trinajstić information content (AvgIpc) is 2.48. The van der Waals surface area contributed by atoms with E-state index < -0.39 is 0 Å². The molecule has 2 rings (SSSR count). The van der Waals surface area contributed by atoms with E-state index in [1.165, 1.54) is 12.0 Å². The van der Waals surface area contributed by atoms with Gasteiger partial charge in [0.1, 0.15) is 5.82 Å². The predicted octanol–water partition coefficient (Wildman–Crippen LogP) is 5.43. The second kappa shape index (κ2) is 6.40. The van der Waals surface area contributed by atoms with Crippen LogP contribution in [0, 0.1) is 6.92 Å². The van der Waals surface area contributed by atoms with Crippen LogP contribution in [0.2, 0.25) is 0 Å². The Bertz CT molecular complexity index is 578. The summed E-state index contributed by atoms with van der Waals surface area (Å²) in [6.07, 6.45) is 1.17. The third-order valence-electron chi connectivity index (χ3n) is 3.81. The summed E-state index contributed by atoms with van der Waals surface area (Å²) >= 11 is 3.49. The number of aryl methyl sites for hydroxylation is 1. The molecule has 0 spiro atoms. The number of hydrogen-bond acceptors (Lipinski definition) is 2. The molecular formula is C17H21BrN2. The van der Waals surface area contributed by atoms with Gasteiger partial charge in [-0.05, 0) is 65.0 Å². The smallest absolute Gasteiger partial charge is 0.133 e. The molecule has 0 aliphatic carbocycles. The van der Waals surface area contributed by atoms with Crippen molar-refractivity contribution in [1.82, 2.24) is 4.98 Å². The molecule has 0 N–H and O–H groups in total. The summed E-state index contributed by atoms with van der Waals surface area (Å²) in [6, 6.07) is 12.8. The molecular weight excluding hydrogens is 312 g/mol. The van der Waals surface area contributed by atoms with Crippen LogP contribution in [0.5, 0.6) is 0 Å². The highest BCUT2D eigenvalue weighted by Crippen LogP contribution is 2.27. The van der Waals surface area contributed by atoms with E-state index in [2.05, 4.69) is 63.9 Å². The van der Waals surface area contributed by atoms with Crippen molar-refractivity contribution in [1.29, 1.82) is 0 Å². The Kier molecular flexibility index (Phi) is 4.81. The van der Waals surface area contributed by atoms with Crippen molar-refractivity contribution in [2.24, 2.45) is 0 Å². The second-order valence-electron chi connectivity index (χ2n) is 5.20. The topological polar surface area (TPSA) is 16.1 Å². The first-order valence-electron chi connectivity index (χ1n) is 6.99. The molecule has 1 unspecified atom stereocenters. The third-order valence-corrected chi connectivity index (χ3v) is 4.65. The van der Waals surface area contributed by atoms with Crippen LogP contribution >= 0.6 is 15.9 Å². The SMILES string of the molecule is CCC(C)c1ccc(N(C)c2ccc(Br)c(C)n2)cc1. The van der Waals surface area contributed by atoms with Gasteiger partial charge in [-0.2, -0.15) is 0 Å². The van der Waals surface area contributed by atoms with E-state index in [0.29, 0.717) is 5.92 Å². The Morgan fingerprint density at radius 2 is 1.80 bits per heavy atom. The highest BCUT2D eigenvalue weighted by atomic mass is 79.9. The molecule has 0 saturated heterocycles. The van der Waals surface area contributed by atoms with Crippen molar-refractivity contribution < 1.29 is 0 Å². The number of pyridine rings is 1. The molecule has 0 fully saturated rings. The van der Waals surface area contributed by atoms with Crippen molar-refractivity contribution in [3.05, 3.63) is 52.1 Å². The minimum absolute atomic E-state index is 0.613. The standard InChI is InChI=1S/C17H21BrN2/c1-5-12(2)14-6-8-15(9-7-14)20(4)17-11-10-16(18)13(3)19-17/h6-12H,5H2,1-4H3. The van der Waals surface area contributed by atoms with Crippen LogP contribution in [0.4, 0.5) is 11.5 Å². The summed E-state index contributed by atoms with van der Waals surface area (Å²) < 4.78 is 1.04. The van der Waals surface area contributed by atoms with Crippen molar-refractivity contribution >= 4 is 27.4 Å². The van der Waals surface area contributed by atoms with Gasteiger partial charge in [-0.3, -0.25) is 0 Å². The monoisotopic (exact) mass is 332 g/mol. The van der Waals surface area contributed by atoms with E-state index in [-0.39, 0.29) is 0 Å². The zero-order valence-electron chi connectivity index (χ0n) is 12.5. The van der Waals surface area contributed by atoms with Gasteiger partial charge in [0.05, 0.1) is 5.69 Å². The van der Waals surface area contributed by atoms with E-state index in [1.54, 1.807) is 0 Å². The minimum Gasteiger partial charge on any atom is -0.329 e. The van der Waals surface area contributed by atoms with Crippen molar-refractivity contribution in [2.75, 3.05) is 11.9 Å². The Morgan fingerprint density at radius 3 is 2.35 bits per heavy atom. The molecule has 1 atom stereocenters. The van der Waals surface area contributed by atoms with Gasteiger partial charge < -0.3 is 4.90 Å². The van der Waals surface area contributed by atoms with Crippen molar-refractivity contribution in [3.8, 4) is 0 Å². The number of hydrogen-bond donors (Lipinski definition) is 0. The minimum atomic E-state index is 0.613. The van der Waals surface area contributed by atoms with Crippen LogP contribution in [0.15, 0.2) is 40.9 Å². The first kappa shape index (κ1) is 15.0. The molecule has 2 aromatic rings. The molecule has 0 saturated carbocycles. The van der Waals surface area contributed by atoms with Gasteiger partial charge in [0.15, 0.2) is 0 Å². The fourth-order valence-electron chi connectivity index (χ4n) is 2.11. The van der Waals surface area contributed by atoms with Gasteiger partial charge >= 0.3 is 0 Å².